The van der Waals surface area contributed by atoms with Crippen LogP contribution in [0, 0.1) is 0 Å². The van der Waals surface area contributed by atoms with Gasteiger partial charge in [0.1, 0.15) is 6.17 Å². The van der Waals surface area contributed by atoms with E-state index in [1.54, 1.807) is 0 Å². The molecular weight excluding hydrogens is 444 g/mol. The van der Waals surface area contributed by atoms with E-state index in [9.17, 15) is 0 Å². The Morgan fingerprint density at radius 2 is 1.48 bits per heavy atom. The summed E-state index contributed by atoms with van der Waals surface area (Å²) in [5.41, 5.74) is 2.34. The molecule has 1 aromatic rings. The summed E-state index contributed by atoms with van der Waals surface area (Å²) in [5.74, 6) is 0. The van der Waals surface area contributed by atoms with Gasteiger partial charge in [0.25, 0.3) is 0 Å². The molecule has 0 spiro atoms. The minimum Gasteiger partial charge on any atom is -0.386 e. The van der Waals surface area contributed by atoms with Gasteiger partial charge >= 0.3 is 0 Å². The summed E-state index contributed by atoms with van der Waals surface area (Å²) in [5, 5.41) is 4.61. The van der Waals surface area contributed by atoms with E-state index in [1.807, 2.05) is 18.3 Å². The zero-order valence-electron chi connectivity index (χ0n) is 14.4. The summed E-state index contributed by atoms with van der Waals surface area (Å²) in [6, 6.07) is 3.94. The molecule has 0 unspecified atom stereocenters. The summed E-state index contributed by atoms with van der Waals surface area (Å²) in [7, 11) is 0. The maximum Gasteiger partial charge on any atom is 0.123 e. The molecule has 0 atom stereocenters. The summed E-state index contributed by atoms with van der Waals surface area (Å²) in [4.78, 5) is 4.67. The van der Waals surface area contributed by atoms with Gasteiger partial charge < -0.3 is 15.1 Å². The number of benzene rings is 1. The zero-order chi connectivity index (χ0) is 16.5. The van der Waals surface area contributed by atoms with Gasteiger partial charge in [-0.05, 0) is 59.0 Å². The first-order valence-corrected chi connectivity index (χ1v) is 8.50. The Morgan fingerprint density at radius 1 is 1.04 bits per heavy atom. The predicted octanol–water partition coefficient (Wildman–Crippen LogP) is 5.51. The minimum absolute atomic E-state index is 0. The Bertz CT molecular complexity index is 533. The number of rotatable bonds is 4. The molecule has 0 saturated carbocycles. The van der Waals surface area contributed by atoms with Crippen LogP contribution in [0.2, 0.25) is 10.0 Å². The predicted molar refractivity (Wildman–Crippen MR) is 114 cm³/mol. The van der Waals surface area contributed by atoms with Crippen LogP contribution >= 0.6 is 47.2 Å². The van der Waals surface area contributed by atoms with Crippen LogP contribution in [0.25, 0.3) is 0 Å². The van der Waals surface area contributed by atoms with Gasteiger partial charge in [-0.2, -0.15) is 0 Å². The van der Waals surface area contributed by atoms with E-state index in [4.69, 9.17) is 23.2 Å². The molecule has 6 heteroatoms. The number of halogens is 3. The first kappa shape index (κ1) is 20.7. The number of likely N-dealkylation sites (N-methyl/N-ethyl adjacent to an activating group) is 2. The van der Waals surface area contributed by atoms with Crippen molar-refractivity contribution < 1.29 is 0 Å². The molecule has 0 fully saturated rings. The van der Waals surface area contributed by atoms with Gasteiger partial charge in [-0.1, -0.05) is 23.2 Å². The third kappa shape index (κ3) is 4.60. The van der Waals surface area contributed by atoms with Crippen LogP contribution in [0.5, 0.6) is 0 Å². The van der Waals surface area contributed by atoms with Gasteiger partial charge in [0, 0.05) is 18.6 Å². The Balaban J connectivity index is 0.00000264. The van der Waals surface area contributed by atoms with E-state index in [0.717, 1.165) is 24.5 Å². The molecule has 130 valence electrons. The maximum absolute atomic E-state index is 6.21. The van der Waals surface area contributed by atoms with Crippen LogP contribution in [0.1, 0.15) is 34.6 Å². The van der Waals surface area contributed by atoms with Crippen LogP contribution in [0.4, 0.5) is 11.4 Å². The van der Waals surface area contributed by atoms with Crippen LogP contribution in [0.3, 0.4) is 0 Å². The van der Waals surface area contributed by atoms with Gasteiger partial charge in [0.05, 0.1) is 21.4 Å². The van der Waals surface area contributed by atoms with Crippen molar-refractivity contribution in [1.82, 2.24) is 5.32 Å². The fourth-order valence-corrected chi connectivity index (χ4v) is 3.06. The van der Waals surface area contributed by atoms with E-state index in [0.29, 0.717) is 10.0 Å². The van der Waals surface area contributed by atoms with Crippen LogP contribution in [-0.2, 0) is 0 Å². The number of fused-ring (bicyclic) bond motifs is 1. The molecular formula is C17H26Cl2IN3. The van der Waals surface area contributed by atoms with E-state index >= 15 is 0 Å². The highest BCUT2D eigenvalue weighted by Gasteiger charge is 2.33. The largest absolute Gasteiger partial charge is 0.386 e. The topological polar surface area (TPSA) is 18.5 Å². The quantitative estimate of drug-likeness (QED) is 0.587. The lowest BCUT2D eigenvalue weighted by molar-refractivity contribution is 0.489. The molecule has 23 heavy (non-hydrogen) atoms. The molecule has 1 N–H and O–H groups in total. The Hall–Kier alpha value is -0.330. The number of nitrogens with one attached hydrogen (secondary N) is 1. The van der Waals surface area contributed by atoms with Gasteiger partial charge in [-0.3, -0.25) is 0 Å². The standard InChI is InChI=1S/C17H25Cl2N3.HI/c1-6-21-14-10-12(18)13(19)11-15(14)22(7-2)16(21)8-9-20-17(3,4)5;/h8-11,16,20H,6-7H2,1-5H3;1H. The van der Waals surface area contributed by atoms with Crippen molar-refractivity contribution in [2.24, 2.45) is 0 Å². The van der Waals surface area contributed by atoms with Gasteiger partial charge in [0.15, 0.2) is 0 Å². The molecule has 0 amide bonds. The molecule has 1 heterocycles. The third-order valence-corrected chi connectivity index (χ3v) is 4.46. The van der Waals surface area contributed by atoms with Gasteiger partial charge in [-0.15, -0.1) is 24.0 Å². The van der Waals surface area contributed by atoms with Crippen molar-refractivity contribution in [3.05, 3.63) is 34.5 Å². The normalized spacial score (nSPS) is 15.1. The van der Waals surface area contributed by atoms with Crippen molar-refractivity contribution >= 4 is 58.6 Å². The van der Waals surface area contributed by atoms with E-state index in [2.05, 4.69) is 55.8 Å². The monoisotopic (exact) mass is 469 g/mol. The average molecular weight is 470 g/mol. The maximum atomic E-state index is 6.21. The fourth-order valence-electron chi connectivity index (χ4n) is 2.75. The molecule has 0 aliphatic carbocycles. The lowest BCUT2D eigenvalue weighted by atomic mass is 10.1. The Labute approximate surface area is 167 Å². The van der Waals surface area contributed by atoms with Crippen molar-refractivity contribution in [3.8, 4) is 0 Å². The van der Waals surface area contributed by atoms with Crippen molar-refractivity contribution in [3.63, 3.8) is 0 Å². The second-order valence-corrected chi connectivity index (χ2v) is 7.31. The van der Waals surface area contributed by atoms with Gasteiger partial charge in [-0.25, -0.2) is 0 Å². The fraction of sp³-hybridized carbons (Fsp3) is 0.529. The molecule has 1 aliphatic rings. The zero-order valence-corrected chi connectivity index (χ0v) is 18.2. The second kappa shape index (κ2) is 8.17. The highest BCUT2D eigenvalue weighted by Crippen LogP contribution is 2.44. The minimum atomic E-state index is 0. The van der Waals surface area contributed by atoms with E-state index < -0.39 is 0 Å². The summed E-state index contributed by atoms with van der Waals surface area (Å²) in [6.45, 7) is 12.6. The molecule has 0 aromatic heterocycles. The van der Waals surface area contributed by atoms with E-state index in [-0.39, 0.29) is 35.7 Å². The SMILES string of the molecule is CCN1c2cc(Cl)c(Cl)cc2N(CC)C1C=CNC(C)(C)C.I. The number of nitrogens with zero attached hydrogens (tertiary/aromatic N) is 2. The number of anilines is 2. The number of hydrogen-bond donors (Lipinski definition) is 1. The van der Waals surface area contributed by atoms with Crippen LogP contribution in [-0.4, -0.2) is 24.8 Å². The highest BCUT2D eigenvalue weighted by atomic mass is 127. The van der Waals surface area contributed by atoms with Crippen molar-refractivity contribution in [1.29, 1.82) is 0 Å². The first-order valence-electron chi connectivity index (χ1n) is 7.75. The van der Waals surface area contributed by atoms with Gasteiger partial charge in [0.2, 0.25) is 0 Å². The lowest BCUT2D eigenvalue weighted by Gasteiger charge is -2.30. The summed E-state index contributed by atoms with van der Waals surface area (Å²) >= 11 is 12.4. The third-order valence-electron chi connectivity index (χ3n) is 3.74. The summed E-state index contributed by atoms with van der Waals surface area (Å²) in [6.07, 6.45) is 4.42. The molecule has 3 nitrogen and oxygen atoms in total. The first-order chi connectivity index (χ1) is 10.3. The molecule has 0 bridgehead atoms. The molecule has 1 aliphatic heterocycles. The molecule has 1 aromatic carbocycles. The van der Waals surface area contributed by atoms with Crippen molar-refractivity contribution in [2.45, 2.75) is 46.3 Å². The second-order valence-electron chi connectivity index (χ2n) is 6.49. The Morgan fingerprint density at radius 3 is 1.83 bits per heavy atom. The van der Waals surface area contributed by atoms with Crippen LogP contribution < -0.4 is 15.1 Å². The van der Waals surface area contributed by atoms with E-state index in [1.165, 1.54) is 0 Å². The number of hydrogen-bond acceptors (Lipinski definition) is 3. The summed E-state index contributed by atoms with van der Waals surface area (Å²) < 4.78 is 0. The molecule has 2 rings (SSSR count). The smallest absolute Gasteiger partial charge is 0.123 e. The lowest BCUT2D eigenvalue weighted by Crippen LogP contribution is -2.42. The Kier molecular flexibility index (Phi) is 7.36. The van der Waals surface area contributed by atoms with Crippen LogP contribution in [0.15, 0.2) is 24.4 Å². The average Bonchev–Trinajstić information content (AvgIpc) is 2.70. The molecule has 0 radical (unpaired) electrons. The molecule has 0 saturated heterocycles. The highest BCUT2D eigenvalue weighted by molar-refractivity contribution is 14.0. The van der Waals surface area contributed by atoms with Crippen molar-refractivity contribution in [2.75, 3.05) is 22.9 Å².